The smallest absolute Gasteiger partial charge is 0.251 e. The summed E-state index contributed by atoms with van der Waals surface area (Å²) in [6.07, 6.45) is 3.01. The topological polar surface area (TPSA) is 99.3 Å². The lowest BCUT2D eigenvalue weighted by molar-refractivity contribution is 0.100. The van der Waals surface area contributed by atoms with Crippen LogP contribution in [0.2, 0.25) is 0 Å². The second kappa shape index (κ2) is 4.09. The van der Waals surface area contributed by atoms with Gasteiger partial charge in [-0.1, -0.05) is 18.2 Å². The summed E-state index contributed by atoms with van der Waals surface area (Å²) in [5.74, 6) is -0.547. The highest BCUT2D eigenvalue weighted by atomic mass is 16.1. The number of anilines is 1. The Morgan fingerprint density at radius 3 is 2.68 bits per heavy atom. The zero-order valence-corrected chi connectivity index (χ0v) is 9.95. The summed E-state index contributed by atoms with van der Waals surface area (Å²) < 4.78 is 1.44. The summed E-state index contributed by atoms with van der Waals surface area (Å²) in [5.41, 5.74) is 14.4. The number of fused-ring (bicyclic) bond motifs is 1. The number of nitrogen functional groups attached to an aromatic ring is 1. The lowest BCUT2D eigenvalue weighted by Gasteiger charge is -2.10. The third kappa shape index (κ3) is 1.70. The summed E-state index contributed by atoms with van der Waals surface area (Å²) in [6.45, 7) is 0. The second-order valence-corrected chi connectivity index (χ2v) is 4.09. The number of nitrogens with zero attached hydrogens (tertiary/aromatic N) is 3. The molecule has 4 N–H and O–H groups in total. The number of benzene rings is 1. The Labute approximate surface area is 108 Å². The predicted molar refractivity (Wildman–Crippen MR) is 71.4 cm³/mol. The van der Waals surface area contributed by atoms with Crippen LogP contribution in [0.25, 0.3) is 16.6 Å². The SMILES string of the molecule is NC(=O)c1cnn2nccc2c1-c1ccccc1N. The first-order chi connectivity index (χ1) is 9.18. The maximum absolute atomic E-state index is 11.6. The fraction of sp³-hybridized carbons (Fsp3) is 0. The van der Waals surface area contributed by atoms with E-state index in [1.807, 2.05) is 18.2 Å². The third-order valence-corrected chi connectivity index (χ3v) is 2.94. The van der Waals surface area contributed by atoms with E-state index in [0.29, 0.717) is 22.3 Å². The summed E-state index contributed by atoms with van der Waals surface area (Å²) in [6, 6.07) is 9.06. The molecule has 0 aliphatic rings. The van der Waals surface area contributed by atoms with Crippen molar-refractivity contribution in [2.45, 2.75) is 0 Å². The van der Waals surface area contributed by atoms with Crippen LogP contribution in [0.5, 0.6) is 0 Å². The Morgan fingerprint density at radius 2 is 1.95 bits per heavy atom. The molecule has 19 heavy (non-hydrogen) atoms. The number of carbonyl (C=O) groups excluding carboxylic acids is 1. The number of aromatic nitrogens is 3. The van der Waals surface area contributed by atoms with Gasteiger partial charge in [-0.2, -0.15) is 14.8 Å². The number of amides is 1. The molecular weight excluding hydrogens is 242 g/mol. The molecule has 0 aliphatic carbocycles. The Morgan fingerprint density at radius 1 is 1.16 bits per heavy atom. The van der Waals surface area contributed by atoms with Gasteiger partial charge in [-0.25, -0.2) is 0 Å². The van der Waals surface area contributed by atoms with E-state index in [1.165, 1.54) is 10.8 Å². The molecule has 1 aromatic carbocycles. The van der Waals surface area contributed by atoms with Crippen molar-refractivity contribution in [1.82, 2.24) is 14.8 Å². The highest BCUT2D eigenvalue weighted by molar-refractivity contribution is 6.05. The minimum Gasteiger partial charge on any atom is -0.398 e. The van der Waals surface area contributed by atoms with Gasteiger partial charge in [0, 0.05) is 16.8 Å². The molecule has 2 aromatic heterocycles. The fourth-order valence-corrected chi connectivity index (χ4v) is 2.08. The van der Waals surface area contributed by atoms with Crippen molar-refractivity contribution in [3.05, 3.63) is 48.3 Å². The molecule has 6 nitrogen and oxygen atoms in total. The molecule has 94 valence electrons. The molecule has 0 radical (unpaired) electrons. The normalized spacial score (nSPS) is 10.7. The maximum atomic E-state index is 11.6. The molecule has 2 heterocycles. The molecule has 0 saturated carbocycles. The van der Waals surface area contributed by atoms with Gasteiger partial charge in [0.25, 0.3) is 5.91 Å². The molecule has 0 bridgehead atoms. The monoisotopic (exact) mass is 253 g/mol. The van der Waals surface area contributed by atoms with Gasteiger partial charge >= 0.3 is 0 Å². The Balaban J connectivity index is 2.43. The molecule has 0 spiro atoms. The quantitative estimate of drug-likeness (QED) is 0.667. The first-order valence-electron chi connectivity index (χ1n) is 5.66. The second-order valence-electron chi connectivity index (χ2n) is 4.09. The van der Waals surface area contributed by atoms with Gasteiger partial charge in [0.2, 0.25) is 0 Å². The van der Waals surface area contributed by atoms with Crippen LogP contribution in [0.15, 0.2) is 42.7 Å². The van der Waals surface area contributed by atoms with Crippen LogP contribution in [0.1, 0.15) is 10.4 Å². The zero-order chi connectivity index (χ0) is 13.4. The fourth-order valence-electron chi connectivity index (χ4n) is 2.08. The Hall–Kier alpha value is -2.89. The maximum Gasteiger partial charge on any atom is 0.251 e. The molecule has 0 atom stereocenters. The predicted octanol–water partition coefficient (Wildman–Crippen LogP) is 1.08. The van der Waals surface area contributed by atoms with Gasteiger partial charge in [-0.15, -0.1) is 0 Å². The van der Waals surface area contributed by atoms with Crippen molar-refractivity contribution in [3.8, 4) is 11.1 Å². The molecule has 0 aliphatic heterocycles. The van der Waals surface area contributed by atoms with E-state index < -0.39 is 5.91 Å². The van der Waals surface area contributed by atoms with Crippen LogP contribution in [0.4, 0.5) is 5.69 Å². The van der Waals surface area contributed by atoms with Gasteiger partial charge in [0.05, 0.1) is 23.5 Å². The van der Waals surface area contributed by atoms with Crippen LogP contribution >= 0.6 is 0 Å². The minimum atomic E-state index is -0.547. The Kier molecular flexibility index (Phi) is 2.42. The zero-order valence-electron chi connectivity index (χ0n) is 9.95. The van der Waals surface area contributed by atoms with Crippen LogP contribution in [0, 0.1) is 0 Å². The first-order valence-corrected chi connectivity index (χ1v) is 5.66. The lowest BCUT2D eigenvalue weighted by atomic mass is 9.99. The summed E-state index contributed by atoms with van der Waals surface area (Å²) in [4.78, 5) is 11.6. The largest absolute Gasteiger partial charge is 0.398 e. The van der Waals surface area contributed by atoms with E-state index in [0.717, 1.165) is 5.56 Å². The molecule has 3 aromatic rings. The minimum absolute atomic E-state index is 0.325. The van der Waals surface area contributed by atoms with Crippen molar-refractivity contribution in [2.75, 3.05) is 5.73 Å². The Bertz CT molecular complexity index is 778. The summed E-state index contributed by atoms with van der Waals surface area (Å²) >= 11 is 0. The number of carbonyl (C=O) groups is 1. The third-order valence-electron chi connectivity index (χ3n) is 2.94. The standard InChI is InChI=1S/C13H11N5O/c14-10-4-2-1-3-8(10)12-9(13(15)19)7-17-18-11(12)5-6-16-18/h1-7H,14H2,(H2,15,19). The van der Waals surface area contributed by atoms with E-state index in [2.05, 4.69) is 10.2 Å². The van der Waals surface area contributed by atoms with Gasteiger partial charge in [0.1, 0.15) is 0 Å². The van der Waals surface area contributed by atoms with E-state index in [1.54, 1.807) is 18.3 Å². The molecule has 1 amide bonds. The number of hydrogen-bond acceptors (Lipinski definition) is 4. The van der Waals surface area contributed by atoms with Gasteiger partial charge in [0.15, 0.2) is 0 Å². The van der Waals surface area contributed by atoms with Crippen molar-refractivity contribution in [2.24, 2.45) is 5.73 Å². The molecule has 6 heteroatoms. The first kappa shape index (κ1) is 11.2. The van der Waals surface area contributed by atoms with Crippen LogP contribution in [-0.2, 0) is 0 Å². The van der Waals surface area contributed by atoms with Crippen LogP contribution in [0.3, 0.4) is 0 Å². The van der Waals surface area contributed by atoms with Crippen LogP contribution in [-0.4, -0.2) is 20.7 Å². The molecule has 0 fully saturated rings. The van der Waals surface area contributed by atoms with Crippen molar-refractivity contribution >= 4 is 17.1 Å². The average molecular weight is 253 g/mol. The van der Waals surface area contributed by atoms with Crippen molar-refractivity contribution in [1.29, 1.82) is 0 Å². The van der Waals surface area contributed by atoms with Crippen molar-refractivity contribution in [3.63, 3.8) is 0 Å². The van der Waals surface area contributed by atoms with Crippen LogP contribution < -0.4 is 11.5 Å². The van der Waals surface area contributed by atoms with Gasteiger partial charge in [-0.05, 0) is 12.1 Å². The van der Waals surface area contributed by atoms with E-state index in [4.69, 9.17) is 11.5 Å². The number of primary amides is 1. The van der Waals surface area contributed by atoms with E-state index >= 15 is 0 Å². The number of hydrogen-bond donors (Lipinski definition) is 2. The highest BCUT2D eigenvalue weighted by Gasteiger charge is 2.17. The molecule has 0 unspecified atom stereocenters. The van der Waals surface area contributed by atoms with E-state index in [-0.39, 0.29) is 0 Å². The summed E-state index contributed by atoms with van der Waals surface area (Å²) in [7, 11) is 0. The molecule has 3 rings (SSSR count). The molecular formula is C13H11N5O. The van der Waals surface area contributed by atoms with Crippen molar-refractivity contribution < 1.29 is 4.79 Å². The van der Waals surface area contributed by atoms with Gasteiger partial charge < -0.3 is 11.5 Å². The number of para-hydroxylation sites is 1. The average Bonchev–Trinajstić information content (AvgIpc) is 2.86. The highest BCUT2D eigenvalue weighted by Crippen LogP contribution is 2.31. The summed E-state index contributed by atoms with van der Waals surface area (Å²) in [5, 5.41) is 8.09. The number of rotatable bonds is 2. The molecule has 0 saturated heterocycles. The van der Waals surface area contributed by atoms with E-state index in [9.17, 15) is 4.79 Å². The van der Waals surface area contributed by atoms with Gasteiger partial charge in [-0.3, -0.25) is 4.79 Å². The lowest BCUT2D eigenvalue weighted by Crippen LogP contribution is -2.14. The number of nitrogens with two attached hydrogens (primary N) is 2.